The van der Waals surface area contributed by atoms with Crippen LogP contribution in [0.2, 0.25) is 0 Å². The molecule has 0 aromatic rings. The van der Waals surface area contributed by atoms with Crippen molar-refractivity contribution in [1.82, 2.24) is 4.90 Å². The first-order valence-electron chi connectivity index (χ1n) is 6.15. The summed E-state index contributed by atoms with van der Waals surface area (Å²) >= 11 is 0. The van der Waals surface area contributed by atoms with Crippen LogP contribution in [0.5, 0.6) is 0 Å². The van der Waals surface area contributed by atoms with Gasteiger partial charge < -0.3 is 10.5 Å². The van der Waals surface area contributed by atoms with Crippen molar-refractivity contribution >= 4 is 0 Å². The maximum Gasteiger partial charge on any atom is 0.0480 e. The molecule has 1 saturated heterocycles. The van der Waals surface area contributed by atoms with Gasteiger partial charge >= 0.3 is 0 Å². The molecular formula is C12H24N2O. The number of rotatable bonds is 5. The van der Waals surface area contributed by atoms with Crippen LogP contribution in [0.4, 0.5) is 0 Å². The average Bonchev–Trinajstić information content (AvgIpc) is 2.87. The number of fused-ring (bicyclic) bond motifs is 2. The molecule has 0 radical (unpaired) electrons. The maximum atomic E-state index is 5.96. The molecule has 0 aromatic heterocycles. The van der Waals surface area contributed by atoms with Crippen LogP contribution in [0.3, 0.4) is 0 Å². The van der Waals surface area contributed by atoms with Gasteiger partial charge in [0.1, 0.15) is 0 Å². The first kappa shape index (κ1) is 11.4. The van der Waals surface area contributed by atoms with E-state index in [0.717, 1.165) is 31.5 Å². The van der Waals surface area contributed by atoms with Crippen molar-refractivity contribution in [3.8, 4) is 0 Å². The summed E-state index contributed by atoms with van der Waals surface area (Å²) in [4.78, 5) is 2.65. The Kier molecular flexibility index (Phi) is 3.33. The van der Waals surface area contributed by atoms with Crippen molar-refractivity contribution in [2.45, 2.75) is 44.2 Å². The van der Waals surface area contributed by atoms with Crippen LogP contribution in [0.25, 0.3) is 0 Å². The van der Waals surface area contributed by atoms with Gasteiger partial charge in [-0.3, -0.25) is 4.90 Å². The van der Waals surface area contributed by atoms with Gasteiger partial charge in [-0.05, 0) is 38.5 Å². The molecule has 2 N–H and O–H groups in total. The van der Waals surface area contributed by atoms with Crippen LogP contribution in [0.1, 0.15) is 32.6 Å². The monoisotopic (exact) mass is 212 g/mol. The standard InChI is InChI=1S/C12H24N2O/c1-12(9-13,5-6-15-2)14-8-10-3-4-11(14)7-10/h10-11H,3-9,13H2,1-2H3. The third kappa shape index (κ3) is 2.05. The molecule has 1 heterocycles. The predicted octanol–water partition coefficient (Wildman–Crippen LogP) is 1.22. The maximum absolute atomic E-state index is 5.96. The lowest BCUT2D eigenvalue weighted by Gasteiger charge is -2.43. The van der Waals surface area contributed by atoms with E-state index >= 15 is 0 Å². The molecule has 0 spiro atoms. The first-order chi connectivity index (χ1) is 7.19. The van der Waals surface area contributed by atoms with E-state index in [1.165, 1.54) is 25.8 Å². The number of ether oxygens (including phenoxy) is 1. The number of methoxy groups -OCH3 is 1. The van der Waals surface area contributed by atoms with Gasteiger partial charge in [-0.25, -0.2) is 0 Å². The second-order valence-electron chi connectivity index (χ2n) is 5.43. The van der Waals surface area contributed by atoms with E-state index in [4.69, 9.17) is 10.5 Å². The third-order valence-electron chi connectivity index (χ3n) is 4.39. The Bertz CT molecular complexity index is 222. The fourth-order valence-corrected chi connectivity index (χ4v) is 3.27. The van der Waals surface area contributed by atoms with Crippen LogP contribution in [-0.4, -0.2) is 43.3 Å². The summed E-state index contributed by atoms with van der Waals surface area (Å²) in [5, 5.41) is 0. The number of nitrogens with zero attached hydrogens (tertiary/aromatic N) is 1. The summed E-state index contributed by atoms with van der Waals surface area (Å²) in [6, 6.07) is 0.806. The molecule has 2 rings (SSSR count). The molecule has 2 aliphatic rings. The molecule has 0 aromatic carbocycles. The smallest absolute Gasteiger partial charge is 0.0480 e. The summed E-state index contributed by atoms with van der Waals surface area (Å²) in [7, 11) is 1.77. The van der Waals surface area contributed by atoms with E-state index in [9.17, 15) is 0 Å². The zero-order chi connectivity index (χ0) is 10.9. The highest BCUT2D eigenvalue weighted by atomic mass is 16.5. The van der Waals surface area contributed by atoms with Gasteiger partial charge in [0.2, 0.25) is 0 Å². The SMILES string of the molecule is COCCC(C)(CN)N1CC2CCC1C2. The molecule has 88 valence electrons. The number of likely N-dealkylation sites (tertiary alicyclic amines) is 1. The average molecular weight is 212 g/mol. The summed E-state index contributed by atoms with van der Waals surface area (Å²) in [6.07, 6.45) is 5.28. The normalized spacial score (nSPS) is 34.6. The Balaban J connectivity index is 1.99. The van der Waals surface area contributed by atoms with E-state index in [0.29, 0.717) is 0 Å². The number of nitrogens with two attached hydrogens (primary N) is 1. The molecule has 3 nitrogen and oxygen atoms in total. The Morgan fingerprint density at radius 1 is 1.47 bits per heavy atom. The topological polar surface area (TPSA) is 38.5 Å². The van der Waals surface area contributed by atoms with E-state index in [1.807, 2.05) is 0 Å². The number of hydrogen-bond acceptors (Lipinski definition) is 3. The van der Waals surface area contributed by atoms with Crippen molar-refractivity contribution in [2.75, 3.05) is 26.8 Å². The Morgan fingerprint density at radius 2 is 2.27 bits per heavy atom. The van der Waals surface area contributed by atoms with Crippen LogP contribution in [0, 0.1) is 5.92 Å². The highest BCUT2D eigenvalue weighted by molar-refractivity contribution is 5.00. The Labute approximate surface area is 93.0 Å². The molecular weight excluding hydrogens is 188 g/mol. The van der Waals surface area contributed by atoms with Gasteiger partial charge in [0, 0.05) is 38.4 Å². The molecule has 1 aliphatic heterocycles. The van der Waals surface area contributed by atoms with E-state index in [-0.39, 0.29) is 5.54 Å². The molecule has 15 heavy (non-hydrogen) atoms. The lowest BCUT2D eigenvalue weighted by Crippen LogP contribution is -2.55. The third-order valence-corrected chi connectivity index (χ3v) is 4.39. The van der Waals surface area contributed by atoms with Crippen molar-refractivity contribution < 1.29 is 4.74 Å². The largest absolute Gasteiger partial charge is 0.385 e. The lowest BCUT2D eigenvalue weighted by atomic mass is 9.93. The van der Waals surface area contributed by atoms with E-state index < -0.39 is 0 Å². The summed E-state index contributed by atoms with van der Waals surface area (Å²) in [6.45, 7) is 5.13. The quantitative estimate of drug-likeness (QED) is 0.745. The fourth-order valence-electron chi connectivity index (χ4n) is 3.27. The van der Waals surface area contributed by atoms with Gasteiger partial charge in [-0.1, -0.05) is 0 Å². The van der Waals surface area contributed by atoms with Gasteiger partial charge in [0.15, 0.2) is 0 Å². The van der Waals surface area contributed by atoms with Gasteiger partial charge in [0.05, 0.1) is 0 Å². The highest BCUT2D eigenvalue weighted by Gasteiger charge is 2.45. The van der Waals surface area contributed by atoms with Crippen molar-refractivity contribution in [2.24, 2.45) is 11.7 Å². The van der Waals surface area contributed by atoms with Crippen molar-refractivity contribution in [3.05, 3.63) is 0 Å². The van der Waals surface area contributed by atoms with Crippen LogP contribution < -0.4 is 5.73 Å². The van der Waals surface area contributed by atoms with Gasteiger partial charge in [-0.2, -0.15) is 0 Å². The summed E-state index contributed by atoms with van der Waals surface area (Å²) in [5.41, 5.74) is 6.12. The van der Waals surface area contributed by atoms with Gasteiger partial charge in [-0.15, -0.1) is 0 Å². The highest BCUT2D eigenvalue weighted by Crippen LogP contribution is 2.41. The van der Waals surface area contributed by atoms with Gasteiger partial charge in [0.25, 0.3) is 0 Å². The van der Waals surface area contributed by atoms with Crippen LogP contribution >= 0.6 is 0 Å². The molecule has 3 atom stereocenters. The molecule has 3 unspecified atom stereocenters. The van der Waals surface area contributed by atoms with Crippen molar-refractivity contribution in [1.29, 1.82) is 0 Å². The number of hydrogen-bond donors (Lipinski definition) is 1. The minimum absolute atomic E-state index is 0.163. The van der Waals surface area contributed by atoms with E-state index in [2.05, 4.69) is 11.8 Å². The summed E-state index contributed by atoms with van der Waals surface area (Å²) in [5.74, 6) is 0.948. The zero-order valence-electron chi connectivity index (χ0n) is 10.0. The fraction of sp³-hybridized carbons (Fsp3) is 1.00. The second-order valence-corrected chi connectivity index (χ2v) is 5.43. The minimum atomic E-state index is 0.163. The molecule has 3 heteroatoms. The first-order valence-corrected chi connectivity index (χ1v) is 6.15. The Morgan fingerprint density at radius 3 is 2.73 bits per heavy atom. The van der Waals surface area contributed by atoms with Crippen LogP contribution in [0.15, 0.2) is 0 Å². The van der Waals surface area contributed by atoms with Crippen LogP contribution in [-0.2, 0) is 4.74 Å². The molecule has 1 saturated carbocycles. The molecule has 0 amide bonds. The molecule has 1 aliphatic carbocycles. The predicted molar refractivity (Wildman–Crippen MR) is 61.8 cm³/mol. The second kappa shape index (κ2) is 4.40. The van der Waals surface area contributed by atoms with E-state index in [1.54, 1.807) is 7.11 Å². The number of piperidine rings is 1. The zero-order valence-corrected chi connectivity index (χ0v) is 10.0. The lowest BCUT2D eigenvalue weighted by molar-refractivity contribution is 0.0440. The van der Waals surface area contributed by atoms with Crippen molar-refractivity contribution in [3.63, 3.8) is 0 Å². The molecule has 2 bridgehead atoms. The molecule has 2 fully saturated rings. The minimum Gasteiger partial charge on any atom is -0.385 e. The summed E-state index contributed by atoms with van der Waals surface area (Å²) < 4.78 is 5.20. The Hall–Kier alpha value is -0.120.